The number of aliphatic carboxylic acids is 3. The van der Waals surface area contributed by atoms with Crippen LogP contribution in [0.3, 0.4) is 0 Å². The zero-order valence-electron chi connectivity index (χ0n) is 24.2. The Hall–Kier alpha value is -5.74. The molecule has 0 saturated carbocycles. The fourth-order valence-electron chi connectivity index (χ4n) is 3.50. The number of nitrogens with zero attached hydrogens (tertiary/aromatic N) is 5. The molecule has 0 saturated heterocycles. The van der Waals surface area contributed by atoms with Crippen molar-refractivity contribution in [3.63, 3.8) is 0 Å². The van der Waals surface area contributed by atoms with Crippen LogP contribution < -0.4 is 5.32 Å². The highest BCUT2D eigenvalue weighted by atomic mass is 35.5. The molecular weight excluding hydrogens is 732 g/mol. The van der Waals surface area contributed by atoms with E-state index >= 15 is 0 Å². The minimum Gasteiger partial charge on any atom is -0.475 e. The van der Waals surface area contributed by atoms with Gasteiger partial charge in [-0.3, -0.25) is 4.57 Å². The Morgan fingerprint density at radius 2 is 1.38 bits per heavy atom. The quantitative estimate of drug-likeness (QED) is 0.125. The molecule has 4 aromatic heterocycles. The molecule has 0 fully saturated rings. The predicted octanol–water partition coefficient (Wildman–Crippen LogP) is 6.56. The van der Waals surface area contributed by atoms with Crippen LogP contribution in [0.25, 0.3) is 27.9 Å². The Morgan fingerprint density at radius 1 is 0.840 bits per heavy atom. The number of anilines is 1. The van der Waals surface area contributed by atoms with E-state index < -0.39 is 36.4 Å². The number of benzene rings is 1. The minimum atomic E-state index is -5.08. The fraction of sp³-hybridized carbons (Fsp3) is 0.192. The summed E-state index contributed by atoms with van der Waals surface area (Å²) in [6, 6.07) is 9.79. The van der Waals surface area contributed by atoms with Gasteiger partial charge in [0.05, 0.1) is 28.8 Å². The molecule has 5 aromatic rings. The first kappa shape index (κ1) is 40.4. The Kier molecular flexibility index (Phi) is 13.0. The normalized spacial score (nSPS) is 12.0. The smallest absolute Gasteiger partial charge is 0.475 e. The summed E-state index contributed by atoms with van der Waals surface area (Å²) in [7, 11) is 0. The van der Waals surface area contributed by atoms with Gasteiger partial charge in [0.2, 0.25) is 0 Å². The number of alkyl halides is 9. The van der Waals surface area contributed by atoms with E-state index in [0.717, 1.165) is 11.1 Å². The van der Waals surface area contributed by atoms with Gasteiger partial charge >= 0.3 is 36.4 Å². The van der Waals surface area contributed by atoms with Gasteiger partial charge in [0, 0.05) is 11.6 Å². The number of H-pyrrole nitrogens is 1. The summed E-state index contributed by atoms with van der Waals surface area (Å²) in [4.78, 5) is 46.8. The Labute approximate surface area is 275 Å². The van der Waals surface area contributed by atoms with Crippen LogP contribution >= 0.6 is 11.6 Å². The zero-order valence-corrected chi connectivity index (χ0v) is 25.0. The van der Waals surface area contributed by atoms with Gasteiger partial charge in [0.1, 0.15) is 23.3 Å². The number of imidazole rings is 1. The molecule has 4 heterocycles. The lowest BCUT2D eigenvalue weighted by molar-refractivity contribution is -0.193. The highest BCUT2D eigenvalue weighted by Gasteiger charge is 2.39. The molecule has 0 aliphatic carbocycles. The number of pyridine rings is 1. The molecular formula is C26H18ClF10N7O6. The van der Waals surface area contributed by atoms with E-state index in [2.05, 4.69) is 30.2 Å². The third kappa shape index (κ3) is 10.9. The lowest BCUT2D eigenvalue weighted by Crippen LogP contribution is -2.21. The third-order valence-electron chi connectivity index (χ3n) is 5.48. The first-order valence-electron chi connectivity index (χ1n) is 12.7. The molecule has 0 spiro atoms. The number of nitrogens with one attached hydrogen (secondary N) is 2. The molecule has 0 bridgehead atoms. The van der Waals surface area contributed by atoms with Gasteiger partial charge < -0.3 is 25.6 Å². The second kappa shape index (κ2) is 16.1. The maximum atomic E-state index is 14.0. The van der Waals surface area contributed by atoms with E-state index in [1.54, 1.807) is 18.6 Å². The van der Waals surface area contributed by atoms with Crippen molar-refractivity contribution in [2.75, 3.05) is 5.32 Å². The fourth-order valence-corrected chi connectivity index (χ4v) is 3.90. The molecule has 1 unspecified atom stereocenters. The van der Waals surface area contributed by atoms with Gasteiger partial charge in [-0.1, -0.05) is 17.7 Å². The van der Waals surface area contributed by atoms with Crippen LogP contribution in [-0.4, -0.2) is 81.2 Å². The average Bonchev–Trinajstić information content (AvgIpc) is 3.60. The molecule has 5 N–H and O–H groups in total. The lowest BCUT2D eigenvalue weighted by Gasteiger charge is -2.19. The largest absolute Gasteiger partial charge is 0.490 e. The summed E-state index contributed by atoms with van der Waals surface area (Å²) < 4.78 is 111. The van der Waals surface area contributed by atoms with E-state index in [1.807, 2.05) is 29.7 Å². The Balaban J connectivity index is 0.000000338. The number of rotatable bonds is 4. The van der Waals surface area contributed by atoms with Crippen molar-refractivity contribution >= 4 is 57.5 Å². The summed E-state index contributed by atoms with van der Waals surface area (Å²) in [5.41, 5.74) is 3.30. The van der Waals surface area contributed by atoms with Gasteiger partial charge in [0.15, 0.2) is 11.5 Å². The van der Waals surface area contributed by atoms with E-state index in [-0.39, 0.29) is 11.9 Å². The monoisotopic (exact) mass is 749 g/mol. The van der Waals surface area contributed by atoms with E-state index in [0.29, 0.717) is 33.3 Å². The molecule has 0 aliphatic heterocycles. The minimum absolute atomic E-state index is 0.277. The van der Waals surface area contributed by atoms with E-state index in [1.165, 1.54) is 18.5 Å². The summed E-state index contributed by atoms with van der Waals surface area (Å²) in [5.74, 6) is -8.01. The number of hydrogen-bond donors (Lipinski definition) is 5. The molecule has 270 valence electrons. The topological polar surface area (TPSA) is 196 Å². The van der Waals surface area contributed by atoms with Crippen molar-refractivity contribution in [1.82, 2.24) is 29.5 Å². The molecule has 50 heavy (non-hydrogen) atoms. The molecule has 0 radical (unpaired) electrons. The number of halogens is 11. The van der Waals surface area contributed by atoms with Crippen molar-refractivity contribution in [1.29, 1.82) is 0 Å². The first-order valence-corrected chi connectivity index (χ1v) is 13.1. The van der Waals surface area contributed by atoms with Gasteiger partial charge in [-0.25, -0.2) is 38.7 Å². The van der Waals surface area contributed by atoms with Gasteiger partial charge in [-0.05, 0) is 37.3 Å². The summed E-state index contributed by atoms with van der Waals surface area (Å²) >= 11 is 6.76. The molecule has 1 atom stereocenters. The standard InChI is InChI=1S/C20H15ClFN7.3C2HF3O2/c1-11(28-19-16-18(25-9-24-16)26-10-27-19)17-15(21)14-6-3-7-23-20(14)29(17)13-5-2-4-12(22)8-13;3*3-2(4,5)1(6)7/h2-11H,1H3,(H2,24,25,26,27,28);3*(H,6,7). The van der Waals surface area contributed by atoms with Crippen LogP contribution in [0.5, 0.6) is 0 Å². The molecule has 1 aromatic carbocycles. The number of carbonyl (C=O) groups is 3. The van der Waals surface area contributed by atoms with Crippen molar-refractivity contribution in [3.8, 4) is 5.69 Å². The van der Waals surface area contributed by atoms with Crippen LogP contribution in [0.2, 0.25) is 5.02 Å². The second-order valence-electron chi connectivity index (χ2n) is 8.99. The van der Waals surface area contributed by atoms with Crippen LogP contribution in [0.4, 0.5) is 49.7 Å². The molecule has 13 nitrogen and oxygen atoms in total. The number of carboxylic acids is 3. The highest BCUT2D eigenvalue weighted by Crippen LogP contribution is 2.37. The Bertz CT molecular complexity index is 1900. The van der Waals surface area contributed by atoms with Crippen LogP contribution in [0.1, 0.15) is 18.7 Å². The summed E-state index contributed by atoms with van der Waals surface area (Å²) in [6.45, 7) is 1.96. The van der Waals surface area contributed by atoms with E-state index in [4.69, 9.17) is 41.3 Å². The first-order chi connectivity index (χ1) is 23.0. The van der Waals surface area contributed by atoms with Gasteiger partial charge in [-0.2, -0.15) is 39.5 Å². The van der Waals surface area contributed by atoms with Crippen LogP contribution in [-0.2, 0) is 14.4 Å². The zero-order chi connectivity index (χ0) is 38.2. The lowest BCUT2D eigenvalue weighted by atomic mass is 10.2. The van der Waals surface area contributed by atoms with Gasteiger partial charge in [-0.15, -0.1) is 0 Å². The average molecular weight is 750 g/mol. The number of aromatic amines is 1. The Morgan fingerprint density at radius 3 is 1.88 bits per heavy atom. The molecule has 0 aliphatic rings. The number of fused-ring (bicyclic) bond motifs is 2. The molecule has 0 amide bonds. The van der Waals surface area contributed by atoms with Crippen molar-refractivity contribution < 1.29 is 73.6 Å². The maximum Gasteiger partial charge on any atom is 0.490 e. The second-order valence-corrected chi connectivity index (χ2v) is 9.37. The molecule has 5 rings (SSSR count). The maximum absolute atomic E-state index is 14.0. The van der Waals surface area contributed by atoms with Crippen LogP contribution in [0.15, 0.2) is 55.2 Å². The van der Waals surface area contributed by atoms with E-state index in [9.17, 15) is 43.9 Å². The van der Waals surface area contributed by atoms with Gasteiger partial charge in [0.25, 0.3) is 0 Å². The molecule has 24 heteroatoms. The number of aromatic nitrogens is 6. The number of hydrogen-bond acceptors (Lipinski definition) is 8. The number of carboxylic acid groups (broad SMARTS) is 3. The van der Waals surface area contributed by atoms with Crippen molar-refractivity contribution in [3.05, 3.63) is 71.8 Å². The SMILES string of the molecule is CC(Nc1ncnc2nc[nH]c12)c1c(Cl)c2cccnc2n1-c1cccc(F)c1.O=C(O)C(F)(F)F.O=C(O)C(F)(F)F.O=C(O)C(F)(F)F. The van der Waals surface area contributed by atoms with Crippen molar-refractivity contribution in [2.24, 2.45) is 0 Å². The third-order valence-corrected chi connectivity index (χ3v) is 5.88. The summed E-state index contributed by atoms with van der Waals surface area (Å²) in [5, 5.41) is 26.1. The highest BCUT2D eigenvalue weighted by molar-refractivity contribution is 6.36. The van der Waals surface area contributed by atoms with Crippen molar-refractivity contribution in [2.45, 2.75) is 31.5 Å². The van der Waals surface area contributed by atoms with Crippen LogP contribution in [0, 0.1) is 5.82 Å². The predicted molar refractivity (Wildman–Crippen MR) is 151 cm³/mol. The summed E-state index contributed by atoms with van der Waals surface area (Å²) in [6.07, 6.45) is -10.5.